The highest BCUT2D eigenvalue weighted by atomic mass is 16.5. The minimum Gasteiger partial charge on any atom is -0.489 e. The second-order valence-corrected chi connectivity index (χ2v) is 9.13. The Labute approximate surface area is 192 Å². The van der Waals surface area contributed by atoms with Crippen LogP contribution in [-0.4, -0.2) is 39.0 Å². The second-order valence-electron chi connectivity index (χ2n) is 9.13. The van der Waals surface area contributed by atoms with Crippen LogP contribution in [0.2, 0.25) is 0 Å². The van der Waals surface area contributed by atoms with E-state index in [0.717, 1.165) is 40.6 Å². The number of carbonyl (C=O) groups is 2. The Hall–Kier alpha value is -3.45. The Morgan fingerprint density at radius 3 is 2.76 bits per heavy atom. The number of hydroxylamine groups is 1. The molecule has 0 radical (unpaired) electrons. The van der Waals surface area contributed by atoms with E-state index in [2.05, 4.69) is 4.98 Å². The lowest BCUT2D eigenvalue weighted by Crippen LogP contribution is -2.53. The average molecular weight is 446 g/mol. The highest BCUT2D eigenvalue weighted by molar-refractivity contribution is 5.95. The van der Waals surface area contributed by atoms with Crippen molar-refractivity contribution in [2.75, 3.05) is 0 Å². The maximum Gasteiger partial charge on any atom is 0.266 e. The van der Waals surface area contributed by atoms with Gasteiger partial charge in [0.15, 0.2) is 0 Å². The third-order valence-corrected chi connectivity index (χ3v) is 7.13. The van der Waals surface area contributed by atoms with Gasteiger partial charge in [-0.1, -0.05) is 30.3 Å². The molecule has 0 saturated carbocycles. The molecule has 2 saturated heterocycles. The fourth-order valence-electron chi connectivity index (χ4n) is 5.37. The van der Waals surface area contributed by atoms with Crippen molar-refractivity contribution in [3.8, 4) is 5.75 Å². The predicted octanol–water partition coefficient (Wildman–Crippen LogP) is 3.73. The van der Waals surface area contributed by atoms with Gasteiger partial charge in [0.1, 0.15) is 18.4 Å². The number of fused-ring (bicyclic) bond motifs is 2. The minimum atomic E-state index is -0.706. The molecule has 5 rings (SSSR count). The second kappa shape index (κ2) is 8.48. The van der Waals surface area contributed by atoms with Gasteiger partial charge in [-0.3, -0.25) is 19.8 Å². The highest BCUT2D eigenvalue weighted by Crippen LogP contribution is 2.44. The van der Waals surface area contributed by atoms with Crippen molar-refractivity contribution in [1.82, 2.24) is 15.4 Å². The lowest BCUT2D eigenvalue weighted by atomic mass is 9.79. The standard InChI is InChI=1S/C26H27N3O4/c1-26(15-19-5-4-8-23(24(30)28-32)29(19)25(26)31)18-9-11-20(12-10-18)33-16-17-13-14-27-22-7-3-2-6-21(17)22/h2-3,6-7,9-14,19,23,32H,4-5,8,15-16H2,1H3,(H,28,30)/t19-,23-,26-/m0/s1. The van der Waals surface area contributed by atoms with Gasteiger partial charge in [0.25, 0.3) is 5.91 Å². The van der Waals surface area contributed by atoms with Crippen LogP contribution in [0.4, 0.5) is 0 Å². The van der Waals surface area contributed by atoms with Crippen LogP contribution in [0.5, 0.6) is 5.75 Å². The first-order valence-electron chi connectivity index (χ1n) is 11.3. The molecule has 2 N–H and O–H groups in total. The monoisotopic (exact) mass is 445 g/mol. The molecule has 33 heavy (non-hydrogen) atoms. The molecule has 2 aliphatic rings. The Morgan fingerprint density at radius 1 is 1.18 bits per heavy atom. The number of pyridine rings is 1. The molecule has 3 atom stereocenters. The molecule has 2 amide bonds. The van der Waals surface area contributed by atoms with Gasteiger partial charge < -0.3 is 9.64 Å². The summed E-state index contributed by atoms with van der Waals surface area (Å²) in [7, 11) is 0. The number of amides is 2. The number of benzene rings is 2. The van der Waals surface area contributed by atoms with Crippen molar-refractivity contribution >= 4 is 22.7 Å². The van der Waals surface area contributed by atoms with E-state index in [4.69, 9.17) is 9.94 Å². The van der Waals surface area contributed by atoms with Gasteiger partial charge in [0, 0.05) is 23.2 Å². The lowest BCUT2D eigenvalue weighted by molar-refractivity contribution is -0.147. The molecule has 0 spiro atoms. The van der Waals surface area contributed by atoms with Crippen molar-refractivity contribution in [1.29, 1.82) is 0 Å². The van der Waals surface area contributed by atoms with Crippen molar-refractivity contribution in [2.24, 2.45) is 0 Å². The number of piperidine rings is 1. The summed E-state index contributed by atoms with van der Waals surface area (Å²) in [6.07, 6.45) is 4.75. The highest BCUT2D eigenvalue weighted by Gasteiger charge is 2.53. The van der Waals surface area contributed by atoms with Crippen LogP contribution in [-0.2, 0) is 21.6 Å². The van der Waals surface area contributed by atoms with Gasteiger partial charge in [-0.05, 0) is 62.4 Å². The van der Waals surface area contributed by atoms with Crippen LogP contribution < -0.4 is 10.2 Å². The maximum atomic E-state index is 13.4. The molecule has 3 aromatic rings. The van der Waals surface area contributed by atoms with Gasteiger partial charge in [-0.2, -0.15) is 0 Å². The van der Waals surface area contributed by atoms with E-state index in [1.165, 1.54) is 0 Å². The largest absolute Gasteiger partial charge is 0.489 e. The molecule has 0 bridgehead atoms. The lowest BCUT2D eigenvalue weighted by Gasteiger charge is -2.36. The van der Waals surface area contributed by atoms with Crippen molar-refractivity contribution in [3.05, 3.63) is 71.9 Å². The van der Waals surface area contributed by atoms with E-state index in [9.17, 15) is 9.59 Å². The van der Waals surface area contributed by atoms with Gasteiger partial charge >= 0.3 is 0 Å². The molecular weight excluding hydrogens is 418 g/mol. The summed E-state index contributed by atoms with van der Waals surface area (Å²) >= 11 is 0. The van der Waals surface area contributed by atoms with Crippen LogP contribution in [0.15, 0.2) is 60.8 Å². The van der Waals surface area contributed by atoms with Crippen LogP contribution in [0.25, 0.3) is 10.9 Å². The van der Waals surface area contributed by atoms with Gasteiger partial charge in [0.2, 0.25) is 5.91 Å². The molecule has 7 nitrogen and oxygen atoms in total. The molecule has 7 heteroatoms. The molecule has 2 aromatic carbocycles. The van der Waals surface area contributed by atoms with Gasteiger partial charge in [-0.25, -0.2) is 5.48 Å². The normalized spacial score (nSPS) is 24.5. The fourth-order valence-corrected chi connectivity index (χ4v) is 5.37. The molecule has 1 aromatic heterocycles. The zero-order valence-electron chi connectivity index (χ0n) is 18.5. The van der Waals surface area contributed by atoms with E-state index < -0.39 is 17.4 Å². The minimum absolute atomic E-state index is 0.00875. The molecule has 0 unspecified atom stereocenters. The summed E-state index contributed by atoms with van der Waals surface area (Å²) in [5.74, 6) is 0.159. The molecule has 2 aliphatic heterocycles. The van der Waals surface area contributed by atoms with E-state index in [1.807, 2.05) is 61.5 Å². The smallest absolute Gasteiger partial charge is 0.266 e. The number of aromatic nitrogens is 1. The third-order valence-electron chi connectivity index (χ3n) is 7.13. The number of carbonyl (C=O) groups excluding carboxylic acids is 2. The number of hydrogen-bond acceptors (Lipinski definition) is 5. The average Bonchev–Trinajstić information content (AvgIpc) is 3.13. The molecular formula is C26H27N3O4. The van der Waals surface area contributed by atoms with Crippen LogP contribution in [0, 0.1) is 0 Å². The maximum absolute atomic E-state index is 13.4. The van der Waals surface area contributed by atoms with Crippen LogP contribution >= 0.6 is 0 Å². The van der Waals surface area contributed by atoms with E-state index in [1.54, 1.807) is 16.6 Å². The number of hydrogen-bond donors (Lipinski definition) is 2. The Balaban J connectivity index is 1.33. The van der Waals surface area contributed by atoms with E-state index in [0.29, 0.717) is 19.4 Å². The van der Waals surface area contributed by atoms with E-state index in [-0.39, 0.29) is 11.9 Å². The molecule has 0 aliphatic carbocycles. The molecule has 2 fully saturated rings. The number of ether oxygens (including phenoxy) is 1. The summed E-state index contributed by atoms with van der Waals surface area (Å²) in [4.78, 5) is 31.7. The predicted molar refractivity (Wildman–Crippen MR) is 123 cm³/mol. The first kappa shape index (κ1) is 21.4. The zero-order valence-corrected chi connectivity index (χ0v) is 18.5. The third kappa shape index (κ3) is 3.72. The first-order chi connectivity index (χ1) is 16.0. The van der Waals surface area contributed by atoms with Crippen LogP contribution in [0.1, 0.15) is 43.7 Å². The quantitative estimate of drug-likeness (QED) is 0.461. The van der Waals surface area contributed by atoms with Crippen molar-refractivity contribution < 1.29 is 19.5 Å². The molecule has 170 valence electrons. The van der Waals surface area contributed by atoms with Gasteiger partial charge in [0.05, 0.1) is 10.9 Å². The summed E-state index contributed by atoms with van der Waals surface area (Å²) in [6, 6.07) is 17.0. The molecule has 3 heterocycles. The fraction of sp³-hybridized carbons (Fsp3) is 0.346. The Morgan fingerprint density at radius 2 is 1.97 bits per heavy atom. The zero-order chi connectivity index (χ0) is 23.0. The van der Waals surface area contributed by atoms with E-state index >= 15 is 0 Å². The summed E-state index contributed by atoms with van der Waals surface area (Å²) in [5.41, 5.74) is 3.93. The number of rotatable bonds is 5. The number of nitrogens with one attached hydrogen (secondary N) is 1. The van der Waals surface area contributed by atoms with Crippen LogP contribution in [0.3, 0.4) is 0 Å². The summed E-state index contributed by atoms with van der Waals surface area (Å²) in [6.45, 7) is 2.37. The summed E-state index contributed by atoms with van der Waals surface area (Å²) in [5, 5.41) is 10.2. The topological polar surface area (TPSA) is 91.8 Å². The van der Waals surface area contributed by atoms with Crippen molar-refractivity contribution in [2.45, 2.75) is 56.7 Å². The number of para-hydroxylation sites is 1. The van der Waals surface area contributed by atoms with Crippen molar-refractivity contribution in [3.63, 3.8) is 0 Å². The first-order valence-corrected chi connectivity index (χ1v) is 11.3. The Bertz CT molecular complexity index is 1190. The summed E-state index contributed by atoms with van der Waals surface area (Å²) < 4.78 is 6.03. The Kier molecular flexibility index (Phi) is 5.50. The number of nitrogens with zero attached hydrogens (tertiary/aromatic N) is 2. The van der Waals surface area contributed by atoms with Gasteiger partial charge in [-0.15, -0.1) is 0 Å². The SMILES string of the molecule is C[C@@]1(c2ccc(OCc3ccnc4ccccc34)cc2)C[C@@H]2CCC[C@@H](C(=O)NO)N2C1=O.